The van der Waals surface area contributed by atoms with Crippen molar-refractivity contribution in [3.05, 3.63) is 96.9 Å². The van der Waals surface area contributed by atoms with E-state index in [1.165, 1.54) is 11.1 Å². The molecule has 0 aliphatic rings. The first-order chi connectivity index (χ1) is 14.5. The van der Waals surface area contributed by atoms with Gasteiger partial charge in [0, 0.05) is 38.0 Å². The fourth-order valence-electron chi connectivity index (χ4n) is 2.93. The SMILES string of the molecule is [CH2]C[C@@H](OC(=O)Nc1ccc(Cc2ccccc2)cc1)Oc1cccc(N(C)C)c1. The lowest BCUT2D eigenvalue weighted by molar-refractivity contribution is -0.0239. The van der Waals surface area contributed by atoms with Crippen LogP contribution >= 0.6 is 0 Å². The molecule has 1 atom stereocenters. The molecule has 5 nitrogen and oxygen atoms in total. The summed E-state index contributed by atoms with van der Waals surface area (Å²) in [5.41, 5.74) is 4.07. The Bertz CT molecular complexity index is 940. The summed E-state index contributed by atoms with van der Waals surface area (Å²) in [5.74, 6) is 0.618. The molecule has 0 saturated carbocycles. The second-order valence-electron chi connectivity index (χ2n) is 7.12. The van der Waals surface area contributed by atoms with Crippen LogP contribution in [0.25, 0.3) is 0 Å². The maximum absolute atomic E-state index is 12.3. The molecular weight excluding hydrogens is 376 g/mol. The van der Waals surface area contributed by atoms with Gasteiger partial charge in [0.05, 0.1) is 0 Å². The summed E-state index contributed by atoms with van der Waals surface area (Å²) in [4.78, 5) is 14.2. The summed E-state index contributed by atoms with van der Waals surface area (Å²) >= 11 is 0. The van der Waals surface area contributed by atoms with E-state index >= 15 is 0 Å². The first-order valence-corrected chi connectivity index (χ1v) is 9.87. The largest absolute Gasteiger partial charge is 0.455 e. The Kier molecular flexibility index (Phi) is 7.33. The van der Waals surface area contributed by atoms with E-state index in [1.807, 2.05) is 85.7 Å². The van der Waals surface area contributed by atoms with Crippen LogP contribution in [0.4, 0.5) is 16.2 Å². The minimum atomic E-state index is -0.778. The Hall–Kier alpha value is -3.47. The smallest absolute Gasteiger partial charge is 0.414 e. The van der Waals surface area contributed by atoms with Crippen molar-refractivity contribution >= 4 is 17.5 Å². The van der Waals surface area contributed by atoms with Crippen molar-refractivity contribution in [3.8, 4) is 5.75 Å². The van der Waals surface area contributed by atoms with Gasteiger partial charge >= 0.3 is 6.09 Å². The zero-order valence-corrected chi connectivity index (χ0v) is 17.4. The minimum absolute atomic E-state index is 0.287. The highest BCUT2D eigenvalue weighted by atomic mass is 16.7. The fraction of sp³-hybridized carbons (Fsp3) is 0.200. The summed E-state index contributed by atoms with van der Waals surface area (Å²) in [5, 5.41) is 2.74. The lowest BCUT2D eigenvalue weighted by Gasteiger charge is -2.20. The van der Waals surface area contributed by atoms with E-state index in [-0.39, 0.29) is 6.42 Å². The van der Waals surface area contributed by atoms with E-state index in [0.717, 1.165) is 12.1 Å². The van der Waals surface area contributed by atoms with Gasteiger partial charge in [-0.15, -0.1) is 0 Å². The first kappa shape index (κ1) is 21.2. The molecule has 0 spiro atoms. The molecule has 3 aromatic rings. The van der Waals surface area contributed by atoms with Crippen LogP contribution in [-0.2, 0) is 11.2 Å². The molecule has 30 heavy (non-hydrogen) atoms. The number of hydrogen-bond acceptors (Lipinski definition) is 4. The van der Waals surface area contributed by atoms with Crippen LogP contribution in [0.2, 0.25) is 0 Å². The van der Waals surface area contributed by atoms with Crippen LogP contribution in [0, 0.1) is 6.92 Å². The van der Waals surface area contributed by atoms with Gasteiger partial charge in [0.25, 0.3) is 0 Å². The zero-order valence-electron chi connectivity index (χ0n) is 17.4. The number of nitrogens with one attached hydrogen (secondary N) is 1. The molecular formula is C25H27N2O3. The second kappa shape index (κ2) is 10.3. The Morgan fingerprint density at radius 1 is 0.967 bits per heavy atom. The number of amides is 1. The molecule has 0 unspecified atom stereocenters. The number of carbonyl (C=O) groups is 1. The van der Waals surface area contributed by atoms with E-state index < -0.39 is 12.4 Å². The number of benzene rings is 3. The lowest BCUT2D eigenvalue weighted by Crippen LogP contribution is -2.26. The van der Waals surface area contributed by atoms with Crippen LogP contribution in [0.3, 0.4) is 0 Å². The average Bonchev–Trinajstić information content (AvgIpc) is 2.75. The van der Waals surface area contributed by atoms with E-state index in [1.54, 1.807) is 0 Å². The topological polar surface area (TPSA) is 50.8 Å². The van der Waals surface area contributed by atoms with Crippen molar-refractivity contribution in [2.45, 2.75) is 19.1 Å². The van der Waals surface area contributed by atoms with Crippen molar-refractivity contribution in [2.75, 3.05) is 24.3 Å². The maximum Gasteiger partial charge on any atom is 0.414 e. The number of nitrogens with zero attached hydrogens (tertiary/aromatic N) is 1. The van der Waals surface area contributed by atoms with E-state index in [9.17, 15) is 4.79 Å². The number of rotatable bonds is 8. The third-order valence-electron chi connectivity index (χ3n) is 4.53. The Morgan fingerprint density at radius 3 is 2.33 bits per heavy atom. The third kappa shape index (κ3) is 6.27. The Morgan fingerprint density at radius 2 is 1.67 bits per heavy atom. The standard InChI is InChI=1S/C25H27N2O3/c1-4-24(29-23-12-8-11-22(18-23)27(2)3)30-25(28)26-21-15-13-20(14-16-21)17-19-9-6-5-7-10-19/h5-16,18,24H,1,4,17H2,2-3H3,(H,26,28)/t24-/m1/s1. The molecule has 3 rings (SSSR count). The molecule has 0 aromatic heterocycles. The molecule has 1 radical (unpaired) electrons. The van der Waals surface area contributed by atoms with E-state index in [2.05, 4.69) is 24.4 Å². The van der Waals surface area contributed by atoms with Gasteiger partial charge in [0.2, 0.25) is 6.29 Å². The van der Waals surface area contributed by atoms with Crippen molar-refractivity contribution < 1.29 is 14.3 Å². The predicted octanol–water partition coefficient (Wildman–Crippen LogP) is 5.52. The average molecular weight is 404 g/mol. The van der Waals surface area contributed by atoms with E-state index in [4.69, 9.17) is 9.47 Å². The highest BCUT2D eigenvalue weighted by Gasteiger charge is 2.15. The van der Waals surface area contributed by atoms with Gasteiger partial charge in [-0.1, -0.05) is 48.5 Å². The lowest BCUT2D eigenvalue weighted by atomic mass is 10.1. The van der Waals surface area contributed by atoms with Gasteiger partial charge in [0.15, 0.2) is 0 Å². The second-order valence-corrected chi connectivity index (χ2v) is 7.12. The summed E-state index contributed by atoms with van der Waals surface area (Å²) in [6.07, 6.45) is -0.229. The maximum atomic E-state index is 12.3. The summed E-state index contributed by atoms with van der Waals surface area (Å²) in [6, 6.07) is 25.5. The predicted molar refractivity (Wildman–Crippen MR) is 121 cm³/mol. The minimum Gasteiger partial charge on any atom is -0.455 e. The molecule has 0 saturated heterocycles. The van der Waals surface area contributed by atoms with Crippen molar-refractivity contribution in [2.24, 2.45) is 0 Å². The van der Waals surface area contributed by atoms with Crippen molar-refractivity contribution in [1.82, 2.24) is 0 Å². The molecule has 0 aliphatic carbocycles. The highest BCUT2D eigenvalue weighted by molar-refractivity contribution is 5.84. The van der Waals surface area contributed by atoms with Gasteiger partial charge < -0.3 is 14.4 Å². The summed E-state index contributed by atoms with van der Waals surface area (Å²) in [7, 11) is 3.90. The molecule has 1 N–H and O–H groups in total. The number of carbonyl (C=O) groups excluding carboxylic acids is 1. The molecule has 0 heterocycles. The van der Waals surface area contributed by atoms with Crippen LogP contribution in [0.15, 0.2) is 78.9 Å². The van der Waals surface area contributed by atoms with Crippen LogP contribution in [-0.4, -0.2) is 26.5 Å². The molecule has 5 heteroatoms. The monoisotopic (exact) mass is 403 g/mol. The zero-order chi connectivity index (χ0) is 21.3. The van der Waals surface area contributed by atoms with Gasteiger partial charge in [-0.25, -0.2) is 4.79 Å². The third-order valence-corrected chi connectivity index (χ3v) is 4.53. The normalized spacial score (nSPS) is 11.4. The van der Waals surface area contributed by atoms with E-state index in [0.29, 0.717) is 11.4 Å². The number of hydrogen-bond donors (Lipinski definition) is 1. The molecule has 155 valence electrons. The summed E-state index contributed by atoms with van der Waals surface area (Å²) < 4.78 is 11.2. The van der Waals surface area contributed by atoms with Crippen LogP contribution < -0.4 is 15.0 Å². The molecule has 0 fully saturated rings. The quantitative estimate of drug-likeness (QED) is 0.503. The van der Waals surface area contributed by atoms with Crippen LogP contribution in [0.1, 0.15) is 17.5 Å². The number of anilines is 2. The molecule has 0 bridgehead atoms. The molecule has 0 aliphatic heterocycles. The highest BCUT2D eigenvalue weighted by Crippen LogP contribution is 2.21. The van der Waals surface area contributed by atoms with Gasteiger partial charge in [-0.05, 0) is 48.7 Å². The first-order valence-electron chi connectivity index (χ1n) is 9.87. The number of ether oxygens (including phenoxy) is 2. The molecule has 3 aromatic carbocycles. The summed E-state index contributed by atoms with van der Waals surface area (Å²) in [6.45, 7) is 3.81. The Labute approximate surface area is 178 Å². The van der Waals surface area contributed by atoms with Gasteiger partial charge in [-0.3, -0.25) is 5.32 Å². The van der Waals surface area contributed by atoms with Crippen molar-refractivity contribution in [3.63, 3.8) is 0 Å². The van der Waals surface area contributed by atoms with Crippen molar-refractivity contribution in [1.29, 1.82) is 0 Å². The van der Waals surface area contributed by atoms with Gasteiger partial charge in [0.1, 0.15) is 5.75 Å². The fourth-order valence-corrected chi connectivity index (χ4v) is 2.93. The molecule has 1 amide bonds. The van der Waals surface area contributed by atoms with Crippen LogP contribution in [0.5, 0.6) is 5.75 Å². The Balaban J connectivity index is 1.54. The van der Waals surface area contributed by atoms with Gasteiger partial charge in [-0.2, -0.15) is 0 Å².